The second-order valence-electron chi connectivity index (χ2n) is 11.8. The maximum Gasteiger partial charge on any atom is 0.145 e. The predicted molar refractivity (Wildman–Crippen MR) is 180 cm³/mol. The lowest BCUT2D eigenvalue weighted by Gasteiger charge is -2.15. The molecule has 0 amide bonds. The predicted octanol–water partition coefficient (Wildman–Crippen LogP) is 9.98. The number of hydrogen-bond acceptors (Lipinski definition) is 3. The summed E-state index contributed by atoms with van der Waals surface area (Å²) in [5.74, 6) is 1.54. The van der Waals surface area contributed by atoms with E-state index in [4.69, 9.17) is 9.72 Å². The van der Waals surface area contributed by atoms with Gasteiger partial charge in [0, 0.05) is 46.3 Å². The smallest absolute Gasteiger partial charge is 0.145 e. The lowest BCUT2D eigenvalue weighted by Crippen LogP contribution is -1.94. The zero-order valence-corrected chi connectivity index (χ0v) is 24.7. The van der Waals surface area contributed by atoms with E-state index in [0.717, 1.165) is 55.4 Å². The molecule has 0 aliphatic heterocycles. The molecule has 44 heavy (non-hydrogen) atoms. The summed E-state index contributed by atoms with van der Waals surface area (Å²) in [5.41, 5.74) is 10.5. The summed E-state index contributed by atoms with van der Waals surface area (Å²) in [6.45, 7) is 6.55. The Bertz CT molecular complexity index is 2600. The molecular weight excluding hydrogens is 540 g/mol. The highest BCUT2D eigenvalue weighted by Crippen LogP contribution is 2.38. The monoisotopic (exact) mass is 568 g/mol. The van der Waals surface area contributed by atoms with Crippen molar-refractivity contribution in [1.82, 2.24) is 18.8 Å². The molecule has 5 aromatic carbocycles. The van der Waals surface area contributed by atoms with Gasteiger partial charge in [-0.2, -0.15) is 0 Å². The highest BCUT2D eigenvalue weighted by Gasteiger charge is 2.15. The Hall–Kier alpha value is -5.68. The van der Waals surface area contributed by atoms with Crippen LogP contribution in [0, 0.1) is 20.8 Å². The number of ether oxygens (including phenoxy) is 1. The van der Waals surface area contributed by atoms with E-state index < -0.39 is 0 Å². The van der Waals surface area contributed by atoms with Crippen molar-refractivity contribution in [3.05, 3.63) is 132 Å². The molecule has 0 radical (unpaired) electrons. The van der Waals surface area contributed by atoms with E-state index in [-0.39, 0.29) is 0 Å². The summed E-state index contributed by atoms with van der Waals surface area (Å²) in [4.78, 5) is 9.47. The van der Waals surface area contributed by atoms with E-state index >= 15 is 0 Å². The Labute approximate surface area is 253 Å². The Kier molecular flexibility index (Phi) is 5.18. The molecule has 9 rings (SSSR count). The van der Waals surface area contributed by atoms with Gasteiger partial charge in [0.2, 0.25) is 0 Å². The van der Waals surface area contributed by atoms with Crippen LogP contribution in [-0.2, 0) is 0 Å². The van der Waals surface area contributed by atoms with Crippen LogP contribution >= 0.6 is 0 Å². The van der Waals surface area contributed by atoms with Crippen molar-refractivity contribution < 1.29 is 4.74 Å². The second kappa shape index (κ2) is 9.16. The first kappa shape index (κ1) is 24.9. The van der Waals surface area contributed by atoms with Gasteiger partial charge in [-0.25, -0.2) is 9.97 Å². The summed E-state index contributed by atoms with van der Waals surface area (Å²) in [7, 11) is 0. The summed E-state index contributed by atoms with van der Waals surface area (Å²) < 4.78 is 10.8. The SMILES string of the molecule is Cc1cc(C)c(-c2ccc3c4ccc(Oc5ccc6c7ccccc7n7ccnc7c6c5)cc4c4nccn4c3c2)c(C)c1. The zero-order valence-electron chi connectivity index (χ0n) is 24.7. The number of nitrogens with zero attached hydrogens (tertiary/aromatic N) is 4. The van der Waals surface area contributed by atoms with Gasteiger partial charge in [0.05, 0.1) is 11.0 Å². The van der Waals surface area contributed by atoms with Crippen molar-refractivity contribution in [2.24, 2.45) is 0 Å². The van der Waals surface area contributed by atoms with Crippen molar-refractivity contribution >= 4 is 54.6 Å². The average Bonchev–Trinajstić information content (AvgIpc) is 3.72. The van der Waals surface area contributed by atoms with Crippen LogP contribution in [0.4, 0.5) is 0 Å². The number of para-hydroxylation sites is 1. The first-order valence-corrected chi connectivity index (χ1v) is 14.9. The number of fused-ring (bicyclic) bond motifs is 12. The first-order chi connectivity index (χ1) is 21.5. The van der Waals surface area contributed by atoms with Crippen LogP contribution in [-0.4, -0.2) is 18.8 Å². The van der Waals surface area contributed by atoms with Gasteiger partial charge in [-0.15, -0.1) is 0 Å². The third-order valence-corrected chi connectivity index (χ3v) is 8.95. The molecule has 210 valence electrons. The van der Waals surface area contributed by atoms with Gasteiger partial charge in [-0.05, 0) is 102 Å². The molecule has 0 spiro atoms. The van der Waals surface area contributed by atoms with Crippen LogP contribution in [0.1, 0.15) is 16.7 Å². The van der Waals surface area contributed by atoms with Crippen molar-refractivity contribution in [1.29, 1.82) is 0 Å². The Morgan fingerprint density at radius 2 is 1.09 bits per heavy atom. The van der Waals surface area contributed by atoms with Crippen LogP contribution in [0.5, 0.6) is 11.5 Å². The molecule has 0 saturated carbocycles. The zero-order chi connectivity index (χ0) is 29.5. The highest BCUT2D eigenvalue weighted by molar-refractivity contribution is 6.13. The highest BCUT2D eigenvalue weighted by atomic mass is 16.5. The van der Waals surface area contributed by atoms with Crippen molar-refractivity contribution in [3.63, 3.8) is 0 Å². The van der Waals surface area contributed by atoms with Crippen LogP contribution in [0.15, 0.2) is 116 Å². The summed E-state index contributed by atoms with van der Waals surface area (Å²) in [6.07, 6.45) is 7.79. The van der Waals surface area contributed by atoms with E-state index in [1.54, 1.807) is 0 Å². The lowest BCUT2D eigenvalue weighted by molar-refractivity contribution is 0.484. The standard InChI is InChI=1S/C39H28N4O/c1-23-18-24(2)37(25(3)19-23)26-8-11-32-30-13-10-28(22-34(30)39-41-15-17-43(39)36(32)20-26)44-27-9-12-29-31-6-4-5-7-35(31)42-16-14-40-38(42)33(29)21-27/h4-22H,1-3H3. The average molecular weight is 569 g/mol. The number of rotatable bonds is 3. The van der Waals surface area contributed by atoms with Crippen LogP contribution in [0.3, 0.4) is 0 Å². The number of aryl methyl sites for hydroxylation is 3. The molecular formula is C39H28N4O. The molecule has 0 unspecified atom stereocenters. The van der Waals surface area contributed by atoms with Gasteiger partial charge in [0.1, 0.15) is 22.8 Å². The molecule has 0 saturated heterocycles. The number of benzene rings is 5. The number of aromatic nitrogens is 4. The summed E-state index contributed by atoms with van der Waals surface area (Å²) >= 11 is 0. The largest absolute Gasteiger partial charge is 0.457 e. The quantitative estimate of drug-likeness (QED) is 0.199. The van der Waals surface area contributed by atoms with Gasteiger partial charge in [0.15, 0.2) is 0 Å². The molecule has 9 aromatic rings. The molecule has 4 heterocycles. The molecule has 0 N–H and O–H groups in total. The summed E-state index contributed by atoms with van der Waals surface area (Å²) in [6, 6.07) is 32.3. The van der Waals surface area contributed by atoms with Crippen LogP contribution in [0.25, 0.3) is 65.8 Å². The van der Waals surface area contributed by atoms with Gasteiger partial charge < -0.3 is 4.74 Å². The number of pyridine rings is 2. The fourth-order valence-corrected chi connectivity index (χ4v) is 7.20. The molecule has 0 aliphatic rings. The molecule has 0 atom stereocenters. The second-order valence-corrected chi connectivity index (χ2v) is 11.8. The van der Waals surface area contributed by atoms with Crippen molar-refractivity contribution in [2.45, 2.75) is 20.8 Å². The third kappa shape index (κ3) is 3.59. The van der Waals surface area contributed by atoms with E-state index in [9.17, 15) is 0 Å². The van der Waals surface area contributed by atoms with E-state index in [1.807, 2.05) is 30.9 Å². The van der Waals surface area contributed by atoms with Crippen LogP contribution in [0.2, 0.25) is 0 Å². The molecule has 0 bridgehead atoms. The molecule has 0 fully saturated rings. The Morgan fingerprint density at radius 1 is 0.523 bits per heavy atom. The van der Waals surface area contributed by atoms with Gasteiger partial charge in [-0.1, -0.05) is 48.0 Å². The van der Waals surface area contributed by atoms with E-state index in [0.29, 0.717) is 0 Å². The van der Waals surface area contributed by atoms with Gasteiger partial charge in [-0.3, -0.25) is 8.80 Å². The van der Waals surface area contributed by atoms with Crippen molar-refractivity contribution in [2.75, 3.05) is 0 Å². The van der Waals surface area contributed by atoms with Crippen LogP contribution < -0.4 is 4.74 Å². The maximum atomic E-state index is 6.51. The number of hydrogen-bond donors (Lipinski definition) is 0. The topological polar surface area (TPSA) is 43.8 Å². The molecule has 0 aliphatic carbocycles. The van der Waals surface area contributed by atoms with E-state index in [1.165, 1.54) is 38.6 Å². The first-order valence-electron chi connectivity index (χ1n) is 14.9. The molecule has 4 aromatic heterocycles. The minimum absolute atomic E-state index is 0.767. The van der Waals surface area contributed by atoms with Gasteiger partial charge in [0.25, 0.3) is 0 Å². The summed E-state index contributed by atoms with van der Waals surface area (Å²) in [5, 5.41) is 6.80. The lowest BCUT2D eigenvalue weighted by atomic mass is 9.92. The minimum Gasteiger partial charge on any atom is -0.457 e. The Balaban J connectivity index is 1.18. The fraction of sp³-hybridized carbons (Fsp3) is 0.0769. The minimum atomic E-state index is 0.767. The normalized spacial score (nSPS) is 12.0. The van der Waals surface area contributed by atoms with E-state index in [2.05, 4.69) is 119 Å². The van der Waals surface area contributed by atoms with Crippen molar-refractivity contribution in [3.8, 4) is 22.6 Å². The third-order valence-electron chi connectivity index (χ3n) is 8.95. The molecule has 5 heteroatoms. The Morgan fingerprint density at radius 3 is 1.75 bits per heavy atom. The van der Waals surface area contributed by atoms with Gasteiger partial charge >= 0.3 is 0 Å². The fourth-order valence-electron chi connectivity index (χ4n) is 7.20. The number of imidazole rings is 2. The maximum absolute atomic E-state index is 6.51. The molecule has 5 nitrogen and oxygen atoms in total.